The van der Waals surface area contributed by atoms with Crippen molar-refractivity contribution >= 4 is 28.1 Å². The van der Waals surface area contributed by atoms with E-state index in [0.717, 1.165) is 16.9 Å². The zero-order valence-electron chi connectivity index (χ0n) is 25.5. The standard InChI is InChI=1S/C17H24N2O2S.C12H12N2O3.C2H6.CH4/c1-10-6-7-13-12(8-10)17(5)14(9-11(2)21-13)22(20)16(3,4)15(18)19-17;1-4-11(10(3)15)14-7-9(2)17-8-12-13-5-6-16-12;1-2;/h6-8,11,14H,9H2,1-5H3,(H2,18,19);1,5-7H,8H2,2-3H3;1-2H3;1H4/b;9-7+,14-11?;;/t11-,14?,17+,22?;;;/m0.../s1. The second-order valence-corrected chi connectivity index (χ2v) is 12.4. The largest absolute Gasteiger partial charge is 0.490 e. The van der Waals surface area contributed by atoms with Crippen molar-refractivity contribution in [3.8, 4) is 18.1 Å². The highest BCUT2D eigenvalue weighted by atomic mass is 32.2. The van der Waals surface area contributed by atoms with Gasteiger partial charge < -0.3 is 19.6 Å². The van der Waals surface area contributed by atoms with Crippen LogP contribution in [0, 0.1) is 19.3 Å². The molecule has 4 atom stereocenters. The van der Waals surface area contributed by atoms with E-state index in [0.29, 0.717) is 23.9 Å². The SMILES string of the molecule is C.C#CC(=N/C=C(\C)OCc1ncco1)C(C)=O.CC.Cc1ccc2c(c1)[C@@]1(C)N=C(N)C(C)(C)S(=O)C1C[C@H](C)O2. The Hall–Kier alpha value is -3.71. The first-order valence-corrected chi connectivity index (χ1v) is 14.8. The van der Waals surface area contributed by atoms with Crippen molar-refractivity contribution in [2.45, 2.75) is 104 Å². The van der Waals surface area contributed by atoms with Gasteiger partial charge in [-0.05, 0) is 59.6 Å². The van der Waals surface area contributed by atoms with Crippen LogP contribution in [0.5, 0.6) is 5.75 Å². The number of carbonyl (C=O) groups excluding carboxylic acids is 1. The summed E-state index contributed by atoms with van der Waals surface area (Å²) < 4.78 is 28.9. The van der Waals surface area contributed by atoms with Gasteiger partial charge in [0.05, 0.1) is 28.5 Å². The van der Waals surface area contributed by atoms with Crippen LogP contribution in [0.25, 0.3) is 0 Å². The van der Waals surface area contributed by atoms with Crippen molar-refractivity contribution in [2.75, 3.05) is 0 Å². The van der Waals surface area contributed by atoms with E-state index in [1.54, 1.807) is 6.92 Å². The molecule has 1 aromatic carbocycles. The number of aliphatic imine (C=N–C) groups is 2. The highest BCUT2D eigenvalue weighted by Crippen LogP contribution is 2.47. The number of hydrogen-bond donors (Lipinski definition) is 1. The number of ketones is 1. The third-order valence-corrected chi connectivity index (χ3v) is 9.05. The molecule has 0 radical (unpaired) electrons. The number of nitrogens with zero attached hydrogens (tertiary/aromatic N) is 3. The lowest BCUT2D eigenvalue weighted by atomic mass is 9.85. The molecule has 0 saturated carbocycles. The van der Waals surface area contributed by atoms with E-state index < -0.39 is 21.1 Å². The van der Waals surface area contributed by atoms with E-state index >= 15 is 0 Å². The Bertz CT molecular complexity index is 1370. The highest BCUT2D eigenvalue weighted by Gasteiger charge is 2.53. The zero-order valence-corrected chi connectivity index (χ0v) is 26.3. The van der Waals surface area contributed by atoms with Crippen LogP contribution in [0.15, 0.2) is 57.0 Å². The van der Waals surface area contributed by atoms with E-state index in [1.165, 1.54) is 25.6 Å². The van der Waals surface area contributed by atoms with Gasteiger partial charge in [-0.15, -0.1) is 6.42 Å². The van der Waals surface area contributed by atoms with Gasteiger partial charge >= 0.3 is 0 Å². The van der Waals surface area contributed by atoms with E-state index in [-0.39, 0.29) is 36.9 Å². The Morgan fingerprint density at radius 3 is 2.55 bits per heavy atom. The van der Waals surface area contributed by atoms with Crippen LogP contribution in [0.1, 0.15) is 86.3 Å². The molecule has 9 nitrogen and oxygen atoms in total. The molecule has 2 N–H and O–H groups in total. The summed E-state index contributed by atoms with van der Waals surface area (Å²) in [7, 11) is -1.12. The average Bonchev–Trinajstić information content (AvgIpc) is 3.42. The fraction of sp³-hybridized carbons (Fsp3) is 0.500. The molecule has 0 amide bonds. The normalized spacial score (nSPS) is 24.1. The average molecular weight is 599 g/mol. The molecule has 2 aromatic rings. The highest BCUT2D eigenvalue weighted by molar-refractivity contribution is 7.88. The van der Waals surface area contributed by atoms with Crippen LogP contribution in [-0.4, -0.2) is 42.6 Å². The summed E-state index contributed by atoms with van der Waals surface area (Å²) in [6.07, 6.45) is 10.2. The van der Waals surface area contributed by atoms with Crippen molar-refractivity contribution in [3.05, 3.63) is 59.6 Å². The number of ether oxygens (including phenoxy) is 2. The molecule has 230 valence electrons. The maximum Gasteiger partial charge on any atom is 0.232 e. The topological polar surface area (TPSA) is 129 Å². The third-order valence-electron chi connectivity index (χ3n) is 6.66. The summed E-state index contributed by atoms with van der Waals surface area (Å²) in [4.78, 5) is 23.5. The first-order valence-electron chi connectivity index (χ1n) is 13.6. The summed E-state index contributed by atoms with van der Waals surface area (Å²) in [5, 5.41) is -0.104. The predicted molar refractivity (Wildman–Crippen MR) is 171 cm³/mol. The molecular formula is C32H46N4O5S. The summed E-state index contributed by atoms with van der Waals surface area (Å²) >= 11 is 0. The first kappa shape index (κ1) is 36.3. The summed E-state index contributed by atoms with van der Waals surface area (Å²) in [6, 6.07) is 6.11. The summed E-state index contributed by atoms with van der Waals surface area (Å²) in [6.45, 7) is 17.2. The molecule has 2 aliphatic heterocycles. The van der Waals surface area contributed by atoms with Crippen molar-refractivity contribution in [1.29, 1.82) is 0 Å². The molecule has 1 aromatic heterocycles. The van der Waals surface area contributed by atoms with Crippen LogP contribution in [0.4, 0.5) is 0 Å². The number of fused-ring (bicyclic) bond motifs is 3. The molecule has 2 unspecified atom stereocenters. The van der Waals surface area contributed by atoms with Gasteiger partial charge in [0.15, 0.2) is 18.1 Å². The lowest BCUT2D eigenvalue weighted by Gasteiger charge is -2.43. The Kier molecular flexibility index (Phi) is 13.4. The van der Waals surface area contributed by atoms with Crippen molar-refractivity contribution in [3.63, 3.8) is 0 Å². The number of oxazole rings is 1. The number of aromatic nitrogens is 1. The smallest absolute Gasteiger partial charge is 0.232 e. The molecule has 0 spiro atoms. The number of hydrogen-bond acceptors (Lipinski definition) is 9. The molecule has 0 bridgehead atoms. The monoisotopic (exact) mass is 598 g/mol. The van der Waals surface area contributed by atoms with Crippen LogP contribution in [0.2, 0.25) is 0 Å². The molecule has 0 saturated heterocycles. The minimum absolute atomic E-state index is 0. The number of carbonyl (C=O) groups is 1. The van der Waals surface area contributed by atoms with Crippen LogP contribution in [0.3, 0.4) is 0 Å². The Labute approximate surface area is 253 Å². The van der Waals surface area contributed by atoms with Gasteiger partial charge in [0.2, 0.25) is 5.89 Å². The predicted octanol–water partition coefficient (Wildman–Crippen LogP) is 6.03. The van der Waals surface area contributed by atoms with E-state index in [4.69, 9.17) is 31.0 Å². The number of amidine groups is 1. The Balaban J connectivity index is 0.000000400. The Morgan fingerprint density at radius 2 is 1.98 bits per heavy atom. The van der Waals surface area contributed by atoms with E-state index in [2.05, 4.69) is 22.0 Å². The molecule has 0 aliphatic carbocycles. The summed E-state index contributed by atoms with van der Waals surface area (Å²) in [5.74, 6) is 4.21. The van der Waals surface area contributed by atoms with Gasteiger partial charge in [-0.25, -0.2) is 9.98 Å². The quantitative estimate of drug-likeness (QED) is 0.253. The molecule has 42 heavy (non-hydrogen) atoms. The number of rotatable bonds is 5. The summed E-state index contributed by atoms with van der Waals surface area (Å²) in [5.41, 5.74) is 7.79. The number of benzene rings is 1. The second-order valence-electron chi connectivity index (χ2n) is 10.2. The first-order chi connectivity index (χ1) is 19.3. The molecule has 0 fully saturated rings. The minimum atomic E-state index is -1.12. The maximum atomic E-state index is 13.2. The van der Waals surface area contributed by atoms with Crippen molar-refractivity contribution in [1.82, 2.24) is 4.98 Å². The maximum absolute atomic E-state index is 13.2. The lowest BCUT2D eigenvalue weighted by molar-refractivity contribution is -0.110. The minimum Gasteiger partial charge on any atom is -0.490 e. The van der Waals surface area contributed by atoms with Crippen molar-refractivity contribution in [2.24, 2.45) is 15.7 Å². The number of Topliss-reactive ketones (excluding diaryl/α,β-unsaturated/α-hetero) is 1. The van der Waals surface area contributed by atoms with Crippen LogP contribution >= 0.6 is 0 Å². The third kappa shape index (κ3) is 8.41. The molecule has 4 rings (SSSR count). The van der Waals surface area contributed by atoms with Gasteiger partial charge in [0.25, 0.3) is 0 Å². The zero-order chi connectivity index (χ0) is 31.0. The number of allylic oxidation sites excluding steroid dienone is 1. The van der Waals surface area contributed by atoms with Gasteiger partial charge in [0, 0.05) is 29.7 Å². The Morgan fingerprint density at radius 1 is 1.31 bits per heavy atom. The van der Waals surface area contributed by atoms with Gasteiger partial charge in [-0.3, -0.25) is 14.0 Å². The van der Waals surface area contributed by atoms with Crippen molar-refractivity contribution < 1.29 is 22.9 Å². The van der Waals surface area contributed by atoms with Crippen LogP contribution < -0.4 is 10.5 Å². The number of aryl methyl sites for hydroxylation is 1. The van der Waals surface area contributed by atoms with Crippen LogP contribution in [-0.2, 0) is 32.5 Å². The fourth-order valence-corrected chi connectivity index (χ4v) is 6.31. The molecule has 10 heteroatoms. The van der Waals surface area contributed by atoms with Gasteiger partial charge in [-0.2, -0.15) is 0 Å². The lowest BCUT2D eigenvalue weighted by Crippen LogP contribution is -2.57. The van der Waals surface area contributed by atoms with Gasteiger partial charge in [0.1, 0.15) is 29.1 Å². The second kappa shape index (κ2) is 15.5. The fourth-order valence-electron chi connectivity index (χ4n) is 4.31. The molecule has 3 heterocycles. The number of terminal acetylenes is 1. The molecule has 2 aliphatic rings. The number of nitrogens with two attached hydrogens (primary N) is 1. The van der Waals surface area contributed by atoms with E-state index in [9.17, 15) is 9.00 Å². The molecular weight excluding hydrogens is 552 g/mol. The van der Waals surface area contributed by atoms with E-state index in [1.807, 2.05) is 60.6 Å². The van der Waals surface area contributed by atoms with Gasteiger partial charge in [-0.1, -0.05) is 32.9 Å².